The van der Waals surface area contributed by atoms with E-state index in [9.17, 15) is 4.79 Å². The molecule has 2 aromatic rings. The number of rotatable bonds is 3. The van der Waals surface area contributed by atoms with Crippen LogP contribution in [0.25, 0.3) is 5.78 Å². The lowest BCUT2D eigenvalue weighted by atomic mass is 10.2. The Balaban J connectivity index is 2.43. The fraction of sp³-hybridized carbons (Fsp3) is 0.400. The molecule has 2 rings (SSSR count). The van der Waals surface area contributed by atoms with Crippen LogP contribution in [0.4, 0.5) is 0 Å². The molecule has 0 aliphatic carbocycles. The molecule has 0 radical (unpaired) electrons. The number of carbonyl (C=O) groups is 1. The predicted octanol–water partition coefficient (Wildman–Crippen LogP) is 1.23. The van der Waals surface area contributed by atoms with Crippen LogP contribution in [0.3, 0.4) is 0 Å². The second kappa shape index (κ2) is 4.33. The maximum Gasteiger partial charge on any atom is 0.313 e. The summed E-state index contributed by atoms with van der Waals surface area (Å²) in [6, 6.07) is 0. The van der Waals surface area contributed by atoms with E-state index >= 15 is 0 Å². The number of hydrogen-bond acceptors (Lipinski definition) is 5. The van der Waals surface area contributed by atoms with Crippen LogP contribution >= 0.6 is 11.8 Å². The van der Waals surface area contributed by atoms with Crippen LogP contribution < -0.4 is 0 Å². The molecule has 0 saturated heterocycles. The Kier molecular flexibility index (Phi) is 3.01. The van der Waals surface area contributed by atoms with E-state index < -0.39 is 5.97 Å². The van der Waals surface area contributed by atoms with Gasteiger partial charge in [0.05, 0.1) is 5.75 Å². The van der Waals surface area contributed by atoms with Gasteiger partial charge in [-0.25, -0.2) is 9.50 Å². The molecule has 0 aliphatic heterocycles. The van der Waals surface area contributed by atoms with Crippen LogP contribution in [-0.2, 0) is 4.79 Å². The summed E-state index contributed by atoms with van der Waals surface area (Å²) in [6.07, 6.45) is 0. The van der Waals surface area contributed by atoms with Gasteiger partial charge >= 0.3 is 5.97 Å². The molecule has 2 aromatic heterocycles. The summed E-state index contributed by atoms with van der Waals surface area (Å²) >= 11 is 1.09. The van der Waals surface area contributed by atoms with Crippen LogP contribution in [0.15, 0.2) is 5.16 Å². The highest BCUT2D eigenvalue weighted by molar-refractivity contribution is 7.99. The molecule has 0 bridgehead atoms. The molecule has 0 spiro atoms. The third-order valence-electron chi connectivity index (χ3n) is 2.57. The largest absolute Gasteiger partial charge is 0.481 e. The number of aromatic nitrogens is 4. The number of hydrogen-bond donors (Lipinski definition) is 1. The number of aryl methyl sites for hydroxylation is 2. The summed E-state index contributed by atoms with van der Waals surface area (Å²) in [5.41, 5.74) is 2.96. The van der Waals surface area contributed by atoms with Crippen molar-refractivity contribution in [1.29, 1.82) is 0 Å². The lowest BCUT2D eigenvalue weighted by Gasteiger charge is -2.04. The van der Waals surface area contributed by atoms with Crippen molar-refractivity contribution in [3.63, 3.8) is 0 Å². The second-order valence-corrected chi connectivity index (χ2v) is 4.64. The molecule has 0 saturated carbocycles. The molecule has 2 heterocycles. The first kappa shape index (κ1) is 11.8. The summed E-state index contributed by atoms with van der Waals surface area (Å²) in [5.74, 6) is -0.419. The number of thioether (sulfide) groups is 1. The summed E-state index contributed by atoms with van der Waals surface area (Å²) in [6.45, 7) is 5.83. The molecule has 0 fully saturated rings. The van der Waals surface area contributed by atoms with Crippen LogP contribution in [0.5, 0.6) is 0 Å². The van der Waals surface area contributed by atoms with Crippen molar-refractivity contribution in [1.82, 2.24) is 19.6 Å². The molecule has 0 atom stereocenters. The highest BCUT2D eigenvalue weighted by Gasteiger charge is 2.11. The summed E-state index contributed by atoms with van der Waals surface area (Å²) < 4.78 is 1.65. The van der Waals surface area contributed by atoms with E-state index in [1.807, 2.05) is 20.8 Å². The Morgan fingerprint density at radius 1 is 1.35 bits per heavy atom. The van der Waals surface area contributed by atoms with Gasteiger partial charge in [0.1, 0.15) is 0 Å². The molecular formula is C10H12N4O2S. The number of nitrogens with zero attached hydrogens (tertiary/aromatic N) is 4. The van der Waals surface area contributed by atoms with Crippen molar-refractivity contribution in [2.45, 2.75) is 25.9 Å². The van der Waals surface area contributed by atoms with E-state index in [1.54, 1.807) is 4.52 Å². The van der Waals surface area contributed by atoms with Crippen molar-refractivity contribution in [3.05, 3.63) is 17.0 Å². The van der Waals surface area contributed by atoms with Gasteiger partial charge in [0.15, 0.2) is 0 Å². The van der Waals surface area contributed by atoms with Crippen LogP contribution in [0.2, 0.25) is 0 Å². The molecular weight excluding hydrogens is 240 g/mol. The quantitative estimate of drug-likeness (QED) is 0.827. The van der Waals surface area contributed by atoms with Gasteiger partial charge in [-0.15, -0.1) is 5.10 Å². The minimum Gasteiger partial charge on any atom is -0.481 e. The third kappa shape index (κ3) is 2.23. The summed E-state index contributed by atoms with van der Waals surface area (Å²) in [4.78, 5) is 19.0. The topological polar surface area (TPSA) is 80.4 Å². The maximum absolute atomic E-state index is 10.5. The lowest BCUT2D eigenvalue weighted by molar-refractivity contribution is -0.133. The van der Waals surface area contributed by atoms with Crippen LogP contribution in [0.1, 0.15) is 17.0 Å². The van der Waals surface area contributed by atoms with E-state index in [4.69, 9.17) is 5.11 Å². The van der Waals surface area contributed by atoms with Crippen molar-refractivity contribution in [3.8, 4) is 0 Å². The van der Waals surface area contributed by atoms with E-state index in [2.05, 4.69) is 15.1 Å². The first-order chi connectivity index (χ1) is 7.99. The molecule has 0 aliphatic rings. The molecule has 0 aromatic carbocycles. The maximum atomic E-state index is 10.5. The Labute approximate surface area is 102 Å². The van der Waals surface area contributed by atoms with Gasteiger partial charge < -0.3 is 5.11 Å². The fourth-order valence-electron chi connectivity index (χ4n) is 1.42. The van der Waals surface area contributed by atoms with E-state index in [0.717, 1.165) is 28.7 Å². The normalized spacial score (nSPS) is 11.0. The first-order valence-corrected chi connectivity index (χ1v) is 6.02. The van der Waals surface area contributed by atoms with Gasteiger partial charge in [0.25, 0.3) is 5.78 Å². The SMILES string of the molecule is Cc1nc2nc(SCC(=O)O)nn2c(C)c1C. The van der Waals surface area contributed by atoms with Crippen molar-refractivity contribution in [2.75, 3.05) is 5.75 Å². The fourth-order valence-corrected chi connectivity index (χ4v) is 1.96. The predicted molar refractivity (Wildman–Crippen MR) is 63.4 cm³/mol. The van der Waals surface area contributed by atoms with Gasteiger partial charge in [0.2, 0.25) is 5.16 Å². The molecule has 1 N–H and O–H groups in total. The Hall–Kier alpha value is -1.63. The molecule has 6 nitrogen and oxygen atoms in total. The zero-order valence-electron chi connectivity index (χ0n) is 9.76. The minimum atomic E-state index is -0.883. The van der Waals surface area contributed by atoms with E-state index in [1.165, 1.54) is 0 Å². The van der Waals surface area contributed by atoms with E-state index in [0.29, 0.717) is 10.9 Å². The molecule has 0 unspecified atom stereocenters. The zero-order valence-corrected chi connectivity index (χ0v) is 10.6. The Morgan fingerprint density at radius 2 is 2.06 bits per heavy atom. The lowest BCUT2D eigenvalue weighted by Crippen LogP contribution is -2.02. The highest BCUT2D eigenvalue weighted by atomic mass is 32.2. The Morgan fingerprint density at radius 3 is 2.71 bits per heavy atom. The standard InChI is InChI=1S/C10H12N4O2S/c1-5-6(2)11-9-12-10(17-4-8(15)16)13-14(9)7(5)3/h4H2,1-3H3,(H,15,16). The summed E-state index contributed by atoms with van der Waals surface area (Å²) in [5, 5.41) is 13.3. The van der Waals surface area contributed by atoms with Gasteiger partial charge in [-0.05, 0) is 26.3 Å². The smallest absolute Gasteiger partial charge is 0.313 e. The first-order valence-electron chi connectivity index (χ1n) is 5.04. The summed E-state index contributed by atoms with van der Waals surface area (Å²) in [7, 11) is 0. The average molecular weight is 252 g/mol. The Bertz CT molecular complexity index is 593. The minimum absolute atomic E-state index is 0.0477. The number of carboxylic acids is 1. The molecule has 90 valence electrons. The van der Waals surface area contributed by atoms with Crippen molar-refractivity contribution < 1.29 is 9.90 Å². The van der Waals surface area contributed by atoms with Crippen LogP contribution in [-0.4, -0.2) is 36.4 Å². The number of carboxylic acid groups (broad SMARTS) is 1. The molecule has 17 heavy (non-hydrogen) atoms. The van der Waals surface area contributed by atoms with Crippen molar-refractivity contribution in [2.24, 2.45) is 0 Å². The second-order valence-electron chi connectivity index (χ2n) is 3.70. The zero-order chi connectivity index (χ0) is 12.6. The molecule has 7 heteroatoms. The third-order valence-corrected chi connectivity index (χ3v) is 3.39. The number of aliphatic carboxylic acids is 1. The van der Waals surface area contributed by atoms with Gasteiger partial charge in [-0.1, -0.05) is 11.8 Å². The van der Waals surface area contributed by atoms with Crippen molar-refractivity contribution >= 4 is 23.5 Å². The van der Waals surface area contributed by atoms with Gasteiger partial charge in [-0.3, -0.25) is 4.79 Å². The average Bonchev–Trinajstić information content (AvgIpc) is 2.66. The number of fused-ring (bicyclic) bond motifs is 1. The van der Waals surface area contributed by atoms with Gasteiger partial charge in [-0.2, -0.15) is 4.98 Å². The highest BCUT2D eigenvalue weighted by Crippen LogP contribution is 2.17. The van der Waals surface area contributed by atoms with E-state index in [-0.39, 0.29) is 5.75 Å². The van der Waals surface area contributed by atoms with Gasteiger partial charge in [0, 0.05) is 11.4 Å². The van der Waals surface area contributed by atoms with Crippen LogP contribution in [0, 0.1) is 20.8 Å². The monoisotopic (exact) mass is 252 g/mol. The molecule has 0 amide bonds.